The van der Waals surface area contributed by atoms with Gasteiger partial charge in [0, 0.05) is 42.4 Å². The highest BCUT2D eigenvalue weighted by Crippen LogP contribution is 2.65. The summed E-state index contributed by atoms with van der Waals surface area (Å²) in [5.74, 6) is 7.07. The molecule has 7 rings (SSSR count). The number of fused-ring (bicyclic) bond motifs is 4. The normalized spacial score (nSPS) is 42.0. The molecule has 1 heterocycles. The van der Waals surface area contributed by atoms with Gasteiger partial charge in [0.15, 0.2) is 5.96 Å². The van der Waals surface area contributed by atoms with Gasteiger partial charge in [-0.3, -0.25) is 4.99 Å². The summed E-state index contributed by atoms with van der Waals surface area (Å²) < 4.78 is 0. The number of hydrogen-bond donors (Lipinski definition) is 6. The number of hydrogen-bond acceptors (Lipinski definition) is 4. The third-order valence-electron chi connectivity index (χ3n) is 11.1. The summed E-state index contributed by atoms with van der Waals surface area (Å²) in [4.78, 5) is 7.71. The van der Waals surface area contributed by atoms with E-state index in [1.165, 1.54) is 16.7 Å². The maximum Gasteiger partial charge on any atom is 0.189 e. The topological polar surface area (TPSA) is 127 Å². The molecular formula is C33H40N4O3. The van der Waals surface area contributed by atoms with Gasteiger partial charge >= 0.3 is 0 Å². The van der Waals surface area contributed by atoms with Crippen LogP contribution in [0.4, 0.5) is 0 Å². The van der Waals surface area contributed by atoms with E-state index in [9.17, 15) is 15.3 Å². The van der Waals surface area contributed by atoms with Crippen molar-refractivity contribution in [3.05, 3.63) is 59.8 Å². The van der Waals surface area contributed by atoms with Crippen LogP contribution in [0, 0.1) is 40.9 Å². The molecular weight excluding hydrogens is 500 g/mol. The van der Waals surface area contributed by atoms with Crippen molar-refractivity contribution in [3.63, 3.8) is 0 Å². The van der Waals surface area contributed by atoms with Crippen molar-refractivity contribution in [2.24, 2.45) is 39.8 Å². The second kappa shape index (κ2) is 9.24. The Kier molecular flexibility index (Phi) is 5.98. The number of aromatic amines is 1. The third kappa shape index (κ3) is 3.80. The fourth-order valence-corrected chi connectivity index (χ4v) is 9.19. The molecule has 2 saturated carbocycles. The number of benzene rings is 1. The lowest BCUT2D eigenvalue weighted by atomic mass is 9.53. The summed E-state index contributed by atoms with van der Waals surface area (Å²) in [5.41, 5.74) is 6.98. The third-order valence-corrected chi connectivity index (χ3v) is 11.1. The van der Waals surface area contributed by atoms with E-state index in [0.717, 1.165) is 24.8 Å². The zero-order chi connectivity index (χ0) is 27.7. The Hall–Kier alpha value is -3.05. The van der Waals surface area contributed by atoms with E-state index in [1.807, 2.05) is 0 Å². The number of rotatable bonds is 3. The number of aromatic nitrogens is 1. The number of H-pyrrole nitrogens is 1. The van der Waals surface area contributed by atoms with Crippen LogP contribution >= 0.6 is 0 Å². The maximum absolute atomic E-state index is 12.4. The first-order valence-corrected chi connectivity index (χ1v) is 14.8. The number of guanidine groups is 1. The van der Waals surface area contributed by atoms with Gasteiger partial charge in [0.25, 0.3) is 0 Å². The van der Waals surface area contributed by atoms with Crippen LogP contribution in [0.1, 0.15) is 50.6 Å². The highest BCUT2D eigenvalue weighted by atomic mass is 16.3. The first kappa shape index (κ1) is 25.9. The summed E-state index contributed by atoms with van der Waals surface area (Å²) >= 11 is 0. The Labute approximate surface area is 235 Å². The van der Waals surface area contributed by atoms with Gasteiger partial charge in [-0.15, -0.1) is 0 Å². The first-order valence-electron chi connectivity index (χ1n) is 14.8. The lowest BCUT2D eigenvalue weighted by molar-refractivity contribution is -0.108. The number of para-hydroxylation sites is 1. The molecule has 0 amide bonds. The van der Waals surface area contributed by atoms with Crippen LogP contribution in [0.2, 0.25) is 0 Å². The minimum Gasteiger partial charge on any atom is -0.390 e. The van der Waals surface area contributed by atoms with Crippen LogP contribution < -0.4 is 11.1 Å². The number of nitrogens with one attached hydrogen (secondary N) is 2. The van der Waals surface area contributed by atoms with E-state index in [1.54, 1.807) is 7.05 Å². The van der Waals surface area contributed by atoms with Gasteiger partial charge in [-0.05, 0) is 73.8 Å². The molecule has 0 saturated heterocycles. The molecule has 210 valence electrons. The minimum atomic E-state index is -1.40. The van der Waals surface area contributed by atoms with Gasteiger partial charge in [-0.25, -0.2) is 0 Å². The second-order valence-corrected chi connectivity index (χ2v) is 13.0. The SMILES string of the molecule is CN=C(N)N[C@@H]1C#C[C@@H]2CCC=C(Cc3cc4ccccc4[nH]3)[C@@]23C[C@H]2[C@H](C[C@H](O)[C@@]2(O)C1)[C@@]1(O)CC=C[C@@H]3C1. The first-order chi connectivity index (χ1) is 19.2. The summed E-state index contributed by atoms with van der Waals surface area (Å²) in [6, 6.07) is 10.2. The Morgan fingerprint density at radius 1 is 1.18 bits per heavy atom. The predicted molar refractivity (Wildman–Crippen MR) is 156 cm³/mol. The van der Waals surface area contributed by atoms with E-state index >= 15 is 0 Å². The van der Waals surface area contributed by atoms with Crippen molar-refractivity contribution in [2.75, 3.05) is 7.05 Å². The molecule has 5 aliphatic carbocycles. The van der Waals surface area contributed by atoms with Crippen molar-refractivity contribution in [2.45, 2.75) is 74.7 Å². The fourth-order valence-electron chi connectivity index (χ4n) is 9.19. The number of nitrogens with two attached hydrogens (primary N) is 1. The Bertz CT molecular complexity index is 1450. The quantitative estimate of drug-likeness (QED) is 0.154. The van der Waals surface area contributed by atoms with Crippen LogP contribution in [0.3, 0.4) is 0 Å². The minimum absolute atomic E-state index is 0.0526. The average molecular weight is 541 g/mol. The summed E-state index contributed by atoms with van der Waals surface area (Å²) in [6.07, 6.45) is 11.1. The summed E-state index contributed by atoms with van der Waals surface area (Å²) in [7, 11) is 1.62. The van der Waals surface area contributed by atoms with Crippen LogP contribution in [0.5, 0.6) is 0 Å². The fraction of sp³-hybridized carbons (Fsp3) is 0.545. The van der Waals surface area contributed by atoms with Gasteiger partial charge in [-0.1, -0.05) is 53.8 Å². The molecule has 2 aromatic rings. The predicted octanol–water partition coefficient (Wildman–Crippen LogP) is 3.17. The van der Waals surface area contributed by atoms with Crippen molar-refractivity contribution in [1.29, 1.82) is 0 Å². The highest BCUT2D eigenvalue weighted by Gasteiger charge is 2.66. The molecule has 2 fully saturated rings. The number of aliphatic hydroxyl groups excluding tert-OH is 1. The monoisotopic (exact) mass is 540 g/mol. The van der Waals surface area contributed by atoms with Crippen molar-refractivity contribution in [3.8, 4) is 11.8 Å². The van der Waals surface area contributed by atoms with Gasteiger partial charge in [0.05, 0.1) is 23.3 Å². The van der Waals surface area contributed by atoms with Crippen LogP contribution in [0.25, 0.3) is 10.9 Å². The lowest BCUT2D eigenvalue weighted by Crippen LogP contribution is -2.52. The molecule has 1 spiro atoms. The molecule has 0 unspecified atom stereocenters. The zero-order valence-corrected chi connectivity index (χ0v) is 23.1. The van der Waals surface area contributed by atoms with Crippen LogP contribution in [-0.4, -0.2) is 56.7 Å². The summed E-state index contributed by atoms with van der Waals surface area (Å²) in [6.45, 7) is 0. The van der Waals surface area contributed by atoms with E-state index in [4.69, 9.17) is 5.73 Å². The number of aliphatic hydroxyl groups is 3. The molecule has 4 bridgehead atoms. The van der Waals surface area contributed by atoms with Crippen molar-refractivity contribution >= 4 is 16.9 Å². The Morgan fingerprint density at radius 2 is 2.02 bits per heavy atom. The molecule has 40 heavy (non-hydrogen) atoms. The highest BCUT2D eigenvalue weighted by molar-refractivity contribution is 5.80. The molecule has 1 aromatic carbocycles. The van der Waals surface area contributed by atoms with Gasteiger partial charge in [0.1, 0.15) is 0 Å². The van der Waals surface area contributed by atoms with E-state index < -0.39 is 23.3 Å². The van der Waals surface area contributed by atoms with Crippen molar-refractivity contribution in [1.82, 2.24) is 10.3 Å². The molecule has 5 aliphatic rings. The van der Waals surface area contributed by atoms with Gasteiger partial charge in [0.2, 0.25) is 0 Å². The number of aliphatic imine (C=N–C) groups is 1. The Balaban J connectivity index is 1.40. The van der Waals surface area contributed by atoms with E-state index in [2.05, 4.69) is 75.7 Å². The standard InChI is InChI=1S/C33H40N4O3/c1-35-30(34)37-24-12-11-21-7-4-8-22(15-25-14-20-6-2-3-10-28(20)36-25)32(21)19-27-26(16-29(38)33(27,40)18-24)31(39)13-5-9-23(32)17-31/h2-3,5-6,8-10,14,21,23-24,26-27,29,36,38-40H,4,7,13,15-19H2,1H3,(H3,34,35,37)/t21-,23+,24+,26-,27-,29-,31+,32+,33+/m0/s1. The zero-order valence-electron chi connectivity index (χ0n) is 23.1. The molecule has 7 N–H and O–H groups in total. The molecule has 7 nitrogen and oxygen atoms in total. The van der Waals surface area contributed by atoms with Gasteiger partial charge < -0.3 is 31.4 Å². The molecule has 0 radical (unpaired) electrons. The van der Waals surface area contributed by atoms with Crippen LogP contribution in [0.15, 0.2) is 59.1 Å². The Morgan fingerprint density at radius 3 is 2.85 bits per heavy atom. The number of nitrogens with zero attached hydrogens (tertiary/aromatic N) is 1. The maximum atomic E-state index is 12.4. The van der Waals surface area contributed by atoms with E-state index in [-0.39, 0.29) is 41.5 Å². The smallest absolute Gasteiger partial charge is 0.189 e. The van der Waals surface area contributed by atoms with E-state index in [0.29, 0.717) is 25.7 Å². The molecule has 1 aromatic heterocycles. The molecule has 0 aliphatic heterocycles. The largest absolute Gasteiger partial charge is 0.390 e. The second-order valence-electron chi connectivity index (χ2n) is 13.0. The number of allylic oxidation sites excluding steroid dienone is 3. The molecule has 7 heteroatoms. The lowest BCUT2D eigenvalue weighted by Gasteiger charge is -2.50. The van der Waals surface area contributed by atoms with Crippen molar-refractivity contribution < 1.29 is 15.3 Å². The summed E-state index contributed by atoms with van der Waals surface area (Å²) in [5, 5.41) is 40.5. The molecule has 9 atom stereocenters. The average Bonchev–Trinajstić information content (AvgIpc) is 3.45. The van der Waals surface area contributed by atoms with Crippen LogP contribution in [-0.2, 0) is 6.42 Å². The van der Waals surface area contributed by atoms with Gasteiger partial charge in [-0.2, -0.15) is 0 Å².